The van der Waals surface area contributed by atoms with Crippen molar-refractivity contribution in [2.24, 2.45) is 0 Å². The molecule has 0 aromatic heterocycles. The lowest BCUT2D eigenvalue weighted by Gasteiger charge is -2.26. The van der Waals surface area contributed by atoms with E-state index in [2.05, 4.69) is 6.08 Å². The van der Waals surface area contributed by atoms with Gasteiger partial charge in [0.25, 0.3) is 0 Å². The molecule has 0 aliphatic carbocycles. The van der Waals surface area contributed by atoms with Crippen LogP contribution in [0.3, 0.4) is 0 Å². The van der Waals surface area contributed by atoms with Gasteiger partial charge >= 0.3 is 6.09 Å². The van der Waals surface area contributed by atoms with Crippen LogP contribution >= 0.6 is 0 Å². The van der Waals surface area contributed by atoms with Gasteiger partial charge in [-0.2, -0.15) is 0 Å². The average Bonchev–Trinajstić information content (AvgIpc) is 2.89. The Hall–Kier alpha value is -2.08. The molecule has 5 nitrogen and oxygen atoms in total. The van der Waals surface area contributed by atoms with Crippen LogP contribution in [-0.2, 0) is 4.74 Å². The van der Waals surface area contributed by atoms with E-state index in [9.17, 15) is 9.18 Å². The summed E-state index contributed by atoms with van der Waals surface area (Å²) < 4.78 is 19.3. The van der Waals surface area contributed by atoms with E-state index < -0.39 is 12.2 Å². The van der Waals surface area contributed by atoms with E-state index in [-0.39, 0.29) is 19.0 Å². The number of cyclic esters (lactones) is 1. The van der Waals surface area contributed by atoms with Gasteiger partial charge in [-0.1, -0.05) is 12.2 Å². The number of ether oxygens (including phenoxy) is 1. The molecule has 21 heavy (non-hydrogen) atoms. The number of hydrogen-bond acceptors (Lipinski definition) is 4. The standard InChI is InChI=1S/C15H17FN2O3/c16-13-8-11(18-9-12(10-19)21-15(18)20)4-5-14(13)17-6-2-1-3-7-17/h1-2,4-5,8,12,19H,3,6-7,9-10H2/t12-/m1/s1. The number of carbonyl (C=O) groups is 1. The first kappa shape index (κ1) is 13.9. The van der Waals surface area contributed by atoms with Crippen molar-refractivity contribution in [3.05, 3.63) is 36.2 Å². The summed E-state index contributed by atoms with van der Waals surface area (Å²) in [7, 11) is 0. The molecule has 2 aliphatic rings. The highest BCUT2D eigenvalue weighted by molar-refractivity contribution is 5.90. The Morgan fingerprint density at radius 3 is 2.86 bits per heavy atom. The molecule has 1 saturated heterocycles. The summed E-state index contributed by atoms with van der Waals surface area (Å²) in [4.78, 5) is 15.0. The van der Waals surface area contributed by atoms with E-state index in [1.165, 1.54) is 11.0 Å². The highest BCUT2D eigenvalue weighted by Gasteiger charge is 2.32. The lowest BCUT2D eigenvalue weighted by molar-refractivity contribution is 0.0963. The Balaban J connectivity index is 1.81. The molecule has 6 heteroatoms. The second-order valence-electron chi connectivity index (χ2n) is 5.14. The van der Waals surface area contributed by atoms with Gasteiger partial charge in [0.05, 0.1) is 24.5 Å². The summed E-state index contributed by atoms with van der Waals surface area (Å²) in [5.74, 6) is -0.358. The predicted octanol–water partition coefficient (Wildman–Crippen LogP) is 1.91. The van der Waals surface area contributed by atoms with E-state index in [1.807, 2.05) is 11.0 Å². The van der Waals surface area contributed by atoms with Gasteiger partial charge in [0, 0.05) is 13.1 Å². The summed E-state index contributed by atoms with van der Waals surface area (Å²) in [5, 5.41) is 9.03. The van der Waals surface area contributed by atoms with E-state index in [1.54, 1.807) is 12.1 Å². The molecule has 1 atom stereocenters. The average molecular weight is 292 g/mol. The summed E-state index contributed by atoms with van der Waals surface area (Å²) in [6.07, 6.45) is 3.89. The molecule has 112 valence electrons. The summed E-state index contributed by atoms with van der Waals surface area (Å²) in [6.45, 7) is 1.48. The zero-order chi connectivity index (χ0) is 14.8. The van der Waals surface area contributed by atoms with Crippen molar-refractivity contribution in [3.63, 3.8) is 0 Å². The first-order valence-electron chi connectivity index (χ1n) is 6.97. The van der Waals surface area contributed by atoms with Gasteiger partial charge in [-0.3, -0.25) is 4.90 Å². The van der Waals surface area contributed by atoms with Gasteiger partial charge in [0.2, 0.25) is 0 Å². The van der Waals surface area contributed by atoms with Crippen molar-refractivity contribution in [3.8, 4) is 0 Å². The molecule has 1 amide bonds. The van der Waals surface area contributed by atoms with Crippen LogP contribution < -0.4 is 9.80 Å². The molecule has 0 radical (unpaired) electrons. The van der Waals surface area contributed by atoms with Crippen LogP contribution in [0.15, 0.2) is 30.4 Å². The van der Waals surface area contributed by atoms with E-state index in [0.717, 1.165) is 13.0 Å². The number of carbonyl (C=O) groups excluding carboxylic acids is 1. The van der Waals surface area contributed by atoms with Crippen molar-refractivity contribution >= 4 is 17.5 Å². The third-order valence-corrected chi connectivity index (χ3v) is 3.72. The fraction of sp³-hybridized carbons (Fsp3) is 0.400. The van der Waals surface area contributed by atoms with Crippen LogP contribution in [0.1, 0.15) is 6.42 Å². The fourth-order valence-corrected chi connectivity index (χ4v) is 2.61. The zero-order valence-electron chi connectivity index (χ0n) is 11.5. The zero-order valence-corrected chi connectivity index (χ0v) is 11.5. The molecule has 1 N–H and O–H groups in total. The maximum atomic E-state index is 14.3. The number of benzene rings is 1. The number of hydrogen-bond donors (Lipinski definition) is 1. The SMILES string of the molecule is O=C1O[C@@H](CO)CN1c1ccc(N2CC=CCC2)c(F)c1. The van der Waals surface area contributed by atoms with Crippen LogP contribution in [0.25, 0.3) is 0 Å². The minimum atomic E-state index is -0.554. The molecular formula is C15H17FN2O3. The van der Waals surface area contributed by atoms with Gasteiger partial charge in [-0.05, 0) is 24.6 Å². The normalized spacial score (nSPS) is 21.8. The molecule has 1 aromatic rings. The topological polar surface area (TPSA) is 53.0 Å². The Kier molecular flexibility index (Phi) is 3.79. The molecule has 2 heterocycles. The number of amides is 1. The number of halogens is 1. The predicted molar refractivity (Wildman–Crippen MR) is 77.1 cm³/mol. The van der Waals surface area contributed by atoms with Crippen molar-refractivity contribution in [2.45, 2.75) is 12.5 Å². The fourth-order valence-electron chi connectivity index (χ4n) is 2.61. The largest absolute Gasteiger partial charge is 0.441 e. The van der Waals surface area contributed by atoms with Crippen LogP contribution in [0.4, 0.5) is 20.6 Å². The molecule has 1 aromatic carbocycles. The number of rotatable bonds is 3. The number of aliphatic hydroxyl groups is 1. The van der Waals surface area contributed by atoms with Crippen LogP contribution in [-0.4, -0.2) is 43.5 Å². The van der Waals surface area contributed by atoms with Crippen molar-refractivity contribution in [1.82, 2.24) is 0 Å². The molecule has 3 rings (SSSR count). The molecule has 0 spiro atoms. The Bertz CT molecular complexity index is 576. The van der Waals surface area contributed by atoms with Gasteiger partial charge in [0.1, 0.15) is 11.9 Å². The van der Waals surface area contributed by atoms with E-state index in [4.69, 9.17) is 9.84 Å². The van der Waals surface area contributed by atoms with Gasteiger partial charge in [0.15, 0.2) is 0 Å². The highest BCUT2D eigenvalue weighted by Crippen LogP contribution is 2.28. The molecule has 0 unspecified atom stereocenters. The molecule has 0 saturated carbocycles. The highest BCUT2D eigenvalue weighted by atomic mass is 19.1. The Labute approximate surface area is 122 Å². The first-order chi connectivity index (χ1) is 10.2. The van der Waals surface area contributed by atoms with Crippen LogP contribution in [0.2, 0.25) is 0 Å². The van der Waals surface area contributed by atoms with E-state index >= 15 is 0 Å². The number of nitrogens with zero attached hydrogens (tertiary/aromatic N) is 2. The minimum Gasteiger partial charge on any atom is -0.441 e. The van der Waals surface area contributed by atoms with Gasteiger partial charge in [-0.25, -0.2) is 9.18 Å². The van der Waals surface area contributed by atoms with Crippen molar-refractivity contribution in [1.29, 1.82) is 0 Å². The summed E-state index contributed by atoms with van der Waals surface area (Å²) in [6, 6.07) is 4.73. The Morgan fingerprint density at radius 2 is 2.24 bits per heavy atom. The lowest BCUT2D eigenvalue weighted by Crippen LogP contribution is -2.28. The van der Waals surface area contributed by atoms with Crippen LogP contribution in [0.5, 0.6) is 0 Å². The van der Waals surface area contributed by atoms with Crippen molar-refractivity contribution in [2.75, 3.05) is 36.0 Å². The minimum absolute atomic E-state index is 0.233. The van der Waals surface area contributed by atoms with E-state index in [0.29, 0.717) is 17.9 Å². The third kappa shape index (κ3) is 2.71. The van der Waals surface area contributed by atoms with Crippen molar-refractivity contribution < 1.29 is 19.0 Å². The first-order valence-corrected chi connectivity index (χ1v) is 6.97. The Morgan fingerprint density at radius 1 is 1.38 bits per heavy atom. The van der Waals surface area contributed by atoms with Gasteiger partial charge < -0.3 is 14.7 Å². The maximum absolute atomic E-state index is 14.3. The monoisotopic (exact) mass is 292 g/mol. The quantitative estimate of drug-likeness (QED) is 0.865. The molecular weight excluding hydrogens is 275 g/mol. The number of aliphatic hydroxyl groups excluding tert-OH is 1. The summed E-state index contributed by atoms with van der Waals surface area (Å²) in [5.41, 5.74) is 0.985. The summed E-state index contributed by atoms with van der Waals surface area (Å²) >= 11 is 0. The third-order valence-electron chi connectivity index (χ3n) is 3.72. The lowest BCUT2D eigenvalue weighted by atomic mass is 10.2. The van der Waals surface area contributed by atoms with Crippen LogP contribution in [0, 0.1) is 5.82 Å². The molecule has 1 fully saturated rings. The second kappa shape index (κ2) is 5.73. The number of anilines is 2. The van der Waals surface area contributed by atoms with Gasteiger partial charge in [-0.15, -0.1) is 0 Å². The second-order valence-corrected chi connectivity index (χ2v) is 5.14. The maximum Gasteiger partial charge on any atom is 0.414 e. The molecule has 2 aliphatic heterocycles. The molecule has 0 bridgehead atoms. The smallest absolute Gasteiger partial charge is 0.414 e.